The Morgan fingerprint density at radius 3 is 2.70 bits per heavy atom. The van der Waals surface area contributed by atoms with E-state index in [0.717, 1.165) is 11.1 Å². The van der Waals surface area contributed by atoms with Crippen LogP contribution in [0.2, 0.25) is 0 Å². The predicted molar refractivity (Wildman–Crippen MR) is 117 cm³/mol. The fourth-order valence-electron chi connectivity index (χ4n) is 4.32. The molecular formula is C25H21F2N3O3. The standard InChI is InChI=1S/C25H21F2N3O3/c1-14-23(25(32)29-22-16-7-3-2-6-15(16)12-20(22)31)30-11-5-10-21(24(30)28-14)33-13-17-18(26)8-4-9-19(17)27/h2-11,20,22,31H,12-13H2,1H3,(H,29,32)/t20-,22-/m0/s1. The number of hydrogen-bond acceptors (Lipinski definition) is 4. The van der Waals surface area contributed by atoms with Gasteiger partial charge in [-0.3, -0.25) is 9.20 Å². The molecule has 8 heteroatoms. The summed E-state index contributed by atoms with van der Waals surface area (Å²) >= 11 is 0. The Kier molecular flexibility index (Phi) is 5.30. The Bertz CT molecular complexity index is 1350. The Hall–Kier alpha value is -3.78. The Balaban J connectivity index is 1.43. The number of fused-ring (bicyclic) bond motifs is 2. The zero-order chi connectivity index (χ0) is 23.1. The van der Waals surface area contributed by atoms with Gasteiger partial charge in [0.2, 0.25) is 0 Å². The normalized spacial score (nSPS) is 17.2. The van der Waals surface area contributed by atoms with E-state index in [1.807, 2.05) is 24.3 Å². The molecule has 0 bridgehead atoms. The van der Waals surface area contributed by atoms with Gasteiger partial charge in [0.15, 0.2) is 11.4 Å². The summed E-state index contributed by atoms with van der Waals surface area (Å²) in [4.78, 5) is 17.7. The summed E-state index contributed by atoms with van der Waals surface area (Å²) < 4.78 is 35.2. The van der Waals surface area contributed by atoms with E-state index in [1.54, 1.807) is 29.7 Å². The summed E-state index contributed by atoms with van der Waals surface area (Å²) in [7, 11) is 0. The Morgan fingerprint density at radius 2 is 1.91 bits per heavy atom. The molecule has 168 valence electrons. The zero-order valence-corrected chi connectivity index (χ0v) is 17.8. The maximum atomic E-state index is 14.0. The summed E-state index contributed by atoms with van der Waals surface area (Å²) in [5, 5.41) is 13.4. The van der Waals surface area contributed by atoms with Crippen molar-refractivity contribution in [2.75, 3.05) is 0 Å². The molecule has 1 aliphatic carbocycles. The van der Waals surface area contributed by atoms with E-state index in [0.29, 0.717) is 23.5 Å². The van der Waals surface area contributed by atoms with Crippen molar-refractivity contribution in [1.29, 1.82) is 0 Å². The number of ether oxygens (including phenoxy) is 1. The number of aryl methyl sites for hydroxylation is 1. The topological polar surface area (TPSA) is 75.9 Å². The molecule has 6 nitrogen and oxygen atoms in total. The van der Waals surface area contributed by atoms with E-state index >= 15 is 0 Å². The maximum Gasteiger partial charge on any atom is 0.270 e. The minimum Gasteiger partial charge on any atom is -0.485 e. The summed E-state index contributed by atoms with van der Waals surface area (Å²) in [5.41, 5.74) is 2.81. The van der Waals surface area contributed by atoms with Gasteiger partial charge in [0, 0.05) is 12.6 Å². The smallest absolute Gasteiger partial charge is 0.270 e. The van der Waals surface area contributed by atoms with Crippen LogP contribution in [0.1, 0.15) is 38.9 Å². The number of halogens is 2. The van der Waals surface area contributed by atoms with Crippen molar-refractivity contribution < 1.29 is 23.4 Å². The number of carbonyl (C=O) groups is 1. The van der Waals surface area contributed by atoms with Crippen LogP contribution < -0.4 is 10.1 Å². The van der Waals surface area contributed by atoms with Crippen LogP contribution in [0.15, 0.2) is 60.8 Å². The number of aliphatic hydroxyl groups is 1. The first-order chi connectivity index (χ1) is 15.9. The minimum absolute atomic E-state index is 0.186. The molecular weight excluding hydrogens is 428 g/mol. The first-order valence-electron chi connectivity index (χ1n) is 10.5. The SMILES string of the molecule is Cc1nc2c(OCc3c(F)cccc3F)cccn2c1C(=O)N[C@H]1c2ccccc2C[C@@H]1O. The largest absolute Gasteiger partial charge is 0.485 e. The fourth-order valence-corrected chi connectivity index (χ4v) is 4.32. The van der Waals surface area contributed by atoms with E-state index in [-0.39, 0.29) is 17.9 Å². The average Bonchev–Trinajstić information content (AvgIpc) is 3.29. The van der Waals surface area contributed by atoms with Crippen molar-refractivity contribution in [2.24, 2.45) is 0 Å². The summed E-state index contributed by atoms with van der Waals surface area (Å²) in [5.74, 6) is -1.50. The van der Waals surface area contributed by atoms with E-state index < -0.39 is 29.7 Å². The minimum atomic E-state index is -0.722. The number of pyridine rings is 1. The Morgan fingerprint density at radius 1 is 1.15 bits per heavy atom. The van der Waals surface area contributed by atoms with Crippen molar-refractivity contribution >= 4 is 11.6 Å². The molecule has 2 heterocycles. The molecule has 0 spiro atoms. The van der Waals surface area contributed by atoms with Crippen molar-refractivity contribution in [3.63, 3.8) is 0 Å². The second kappa shape index (κ2) is 8.29. The summed E-state index contributed by atoms with van der Waals surface area (Å²) in [6.45, 7) is 1.37. The van der Waals surface area contributed by atoms with E-state index in [4.69, 9.17) is 4.74 Å². The van der Waals surface area contributed by atoms with E-state index in [9.17, 15) is 18.7 Å². The molecule has 1 aliphatic rings. The van der Waals surface area contributed by atoms with Crippen molar-refractivity contribution in [2.45, 2.75) is 32.1 Å². The molecule has 1 amide bonds. The first-order valence-corrected chi connectivity index (χ1v) is 10.5. The quantitative estimate of drug-likeness (QED) is 0.485. The summed E-state index contributed by atoms with van der Waals surface area (Å²) in [6, 6.07) is 14.0. The van der Waals surface area contributed by atoms with Crippen molar-refractivity contribution in [3.05, 3.63) is 101 Å². The van der Waals surface area contributed by atoms with Gasteiger partial charge in [-0.2, -0.15) is 0 Å². The maximum absolute atomic E-state index is 14.0. The molecule has 0 fully saturated rings. The van der Waals surface area contributed by atoms with Gasteiger partial charge in [-0.25, -0.2) is 13.8 Å². The van der Waals surface area contributed by atoms with Crippen LogP contribution >= 0.6 is 0 Å². The molecule has 0 saturated heterocycles. The highest BCUT2D eigenvalue weighted by atomic mass is 19.1. The third-order valence-electron chi connectivity index (χ3n) is 5.93. The molecule has 2 N–H and O–H groups in total. The van der Waals surface area contributed by atoms with Crippen LogP contribution in [0, 0.1) is 18.6 Å². The second-order valence-electron chi connectivity index (χ2n) is 8.02. The lowest BCUT2D eigenvalue weighted by atomic mass is 10.1. The van der Waals surface area contributed by atoms with Gasteiger partial charge >= 0.3 is 0 Å². The molecule has 33 heavy (non-hydrogen) atoms. The third kappa shape index (κ3) is 3.72. The zero-order valence-electron chi connectivity index (χ0n) is 17.8. The van der Waals surface area contributed by atoms with Gasteiger partial charge < -0.3 is 15.2 Å². The lowest BCUT2D eigenvalue weighted by Crippen LogP contribution is -2.34. The van der Waals surface area contributed by atoms with Crippen molar-refractivity contribution in [1.82, 2.24) is 14.7 Å². The van der Waals surface area contributed by atoms with E-state index in [2.05, 4.69) is 10.3 Å². The number of rotatable bonds is 5. The number of aliphatic hydroxyl groups excluding tert-OH is 1. The van der Waals surface area contributed by atoms with Gasteiger partial charge in [0.05, 0.1) is 23.4 Å². The molecule has 4 aromatic rings. The monoisotopic (exact) mass is 449 g/mol. The number of nitrogens with one attached hydrogen (secondary N) is 1. The number of nitrogens with zero attached hydrogens (tertiary/aromatic N) is 2. The number of imidazole rings is 1. The highest BCUT2D eigenvalue weighted by Crippen LogP contribution is 2.32. The van der Waals surface area contributed by atoms with Crippen LogP contribution in [-0.2, 0) is 13.0 Å². The van der Waals surface area contributed by atoms with Crippen LogP contribution in [-0.4, -0.2) is 26.5 Å². The van der Waals surface area contributed by atoms with Gasteiger partial charge in [-0.05, 0) is 42.3 Å². The lowest BCUT2D eigenvalue weighted by Gasteiger charge is -2.18. The van der Waals surface area contributed by atoms with Crippen LogP contribution in [0.4, 0.5) is 8.78 Å². The van der Waals surface area contributed by atoms with Gasteiger partial charge in [-0.1, -0.05) is 30.3 Å². The van der Waals surface area contributed by atoms with Gasteiger partial charge in [-0.15, -0.1) is 0 Å². The Labute approximate surface area is 188 Å². The number of benzene rings is 2. The van der Waals surface area contributed by atoms with E-state index in [1.165, 1.54) is 18.2 Å². The molecule has 5 rings (SSSR count). The number of aromatic nitrogens is 2. The van der Waals surface area contributed by atoms with Gasteiger partial charge in [0.1, 0.15) is 23.9 Å². The average molecular weight is 449 g/mol. The van der Waals surface area contributed by atoms with Crippen LogP contribution in [0.25, 0.3) is 5.65 Å². The summed E-state index contributed by atoms with van der Waals surface area (Å²) in [6.07, 6.45) is 1.41. The second-order valence-corrected chi connectivity index (χ2v) is 8.02. The predicted octanol–water partition coefficient (Wildman–Crippen LogP) is 3.89. The van der Waals surface area contributed by atoms with Crippen molar-refractivity contribution in [3.8, 4) is 5.75 Å². The number of hydrogen-bond donors (Lipinski definition) is 2. The molecule has 2 aromatic carbocycles. The number of amides is 1. The van der Waals surface area contributed by atoms with Crippen LogP contribution in [0.5, 0.6) is 5.75 Å². The lowest BCUT2D eigenvalue weighted by molar-refractivity contribution is 0.0852. The molecule has 0 unspecified atom stereocenters. The van der Waals surface area contributed by atoms with Crippen LogP contribution in [0.3, 0.4) is 0 Å². The molecule has 0 saturated carbocycles. The van der Waals surface area contributed by atoms with Gasteiger partial charge in [0.25, 0.3) is 5.91 Å². The third-order valence-corrected chi connectivity index (χ3v) is 5.93. The molecule has 0 aliphatic heterocycles. The molecule has 0 radical (unpaired) electrons. The molecule has 2 atom stereocenters. The fraction of sp³-hybridized carbons (Fsp3) is 0.200. The number of carbonyl (C=O) groups excluding carboxylic acids is 1. The highest BCUT2D eigenvalue weighted by Gasteiger charge is 2.33. The highest BCUT2D eigenvalue weighted by molar-refractivity contribution is 5.95. The molecule has 2 aromatic heterocycles. The first kappa shape index (κ1) is 21.1.